The molecule has 1 aliphatic rings. The zero-order valence-electron chi connectivity index (χ0n) is 14.8. The molecule has 2 atom stereocenters. The van der Waals surface area contributed by atoms with Gasteiger partial charge in [-0.25, -0.2) is 0 Å². The molecule has 0 unspecified atom stereocenters. The number of aromatic nitrogens is 1. The lowest BCUT2D eigenvalue weighted by atomic mass is 10.00. The molecule has 4 nitrogen and oxygen atoms in total. The van der Waals surface area contributed by atoms with Gasteiger partial charge in [-0.3, -0.25) is 4.79 Å². The minimum absolute atomic E-state index is 0.0799. The fraction of sp³-hybridized carbons (Fsp3) is 0.333. The molecule has 0 aliphatic heterocycles. The number of carbonyl (C=O) groups is 1. The number of aryl methyl sites for hydroxylation is 2. The Balaban J connectivity index is 1.51. The maximum Gasteiger partial charge on any atom is 0.226 e. The van der Waals surface area contributed by atoms with Gasteiger partial charge in [0.15, 0.2) is 0 Å². The Morgan fingerprint density at radius 3 is 2.72 bits per heavy atom. The average molecular weight is 334 g/mol. The van der Waals surface area contributed by atoms with Gasteiger partial charge < -0.3 is 9.42 Å². The van der Waals surface area contributed by atoms with Gasteiger partial charge in [0.25, 0.3) is 0 Å². The van der Waals surface area contributed by atoms with Crippen molar-refractivity contribution in [3.63, 3.8) is 0 Å². The van der Waals surface area contributed by atoms with Crippen molar-refractivity contribution in [2.24, 2.45) is 5.92 Å². The summed E-state index contributed by atoms with van der Waals surface area (Å²) in [4.78, 5) is 14.7. The highest BCUT2D eigenvalue weighted by Crippen LogP contribution is 2.50. The van der Waals surface area contributed by atoms with E-state index in [1.54, 1.807) is 0 Å². The molecule has 1 fully saturated rings. The van der Waals surface area contributed by atoms with Crippen LogP contribution in [0.1, 0.15) is 34.9 Å². The van der Waals surface area contributed by atoms with Gasteiger partial charge in [0.05, 0.1) is 12.2 Å². The Morgan fingerprint density at radius 2 is 1.96 bits per heavy atom. The molecule has 2 aromatic carbocycles. The van der Waals surface area contributed by atoms with Crippen LogP contribution in [0.25, 0.3) is 10.8 Å². The summed E-state index contributed by atoms with van der Waals surface area (Å²) in [6.45, 7) is 4.36. The zero-order valence-corrected chi connectivity index (χ0v) is 14.8. The molecule has 128 valence electrons. The Bertz CT molecular complexity index is 919. The normalized spacial score (nSPS) is 19.2. The van der Waals surface area contributed by atoms with Crippen LogP contribution in [0.4, 0.5) is 0 Å². The van der Waals surface area contributed by atoms with Crippen LogP contribution in [0.5, 0.6) is 0 Å². The summed E-state index contributed by atoms with van der Waals surface area (Å²) >= 11 is 0. The second-order valence-electron chi connectivity index (χ2n) is 7.01. The topological polar surface area (TPSA) is 46.3 Å². The molecule has 4 heteroatoms. The molecular formula is C21H22N2O2. The first-order valence-electron chi connectivity index (χ1n) is 8.70. The lowest BCUT2D eigenvalue weighted by molar-refractivity contribution is -0.131. The second-order valence-corrected chi connectivity index (χ2v) is 7.01. The minimum Gasteiger partial charge on any atom is -0.361 e. The van der Waals surface area contributed by atoms with E-state index in [1.807, 2.05) is 25.8 Å². The smallest absolute Gasteiger partial charge is 0.226 e. The van der Waals surface area contributed by atoms with Crippen molar-refractivity contribution in [1.82, 2.24) is 10.1 Å². The fourth-order valence-corrected chi connectivity index (χ4v) is 3.71. The molecule has 0 saturated heterocycles. The van der Waals surface area contributed by atoms with Gasteiger partial charge in [-0.2, -0.15) is 0 Å². The molecule has 1 saturated carbocycles. The molecular weight excluding hydrogens is 312 g/mol. The van der Waals surface area contributed by atoms with Crippen LogP contribution < -0.4 is 0 Å². The van der Waals surface area contributed by atoms with E-state index in [0.29, 0.717) is 12.5 Å². The van der Waals surface area contributed by atoms with E-state index in [0.717, 1.165) is 23.4 Å². The predicted molar refractivity (Wildman–Crippen MR) is 97.2 cm³/mol. The van der Waals surface area contributed by atoms with Crippen LogP contribution in [0.15, 0.2) is 47.0 Å². The second kappa shape index (κ2) is 6.03. The van der Waals surface area contributed by atoms with Crippen LogP contribution >= 0.6 is 0 Å². The number of nitrogens with zero attached hydrogens (tertiary/aromatic N) is 2. The van der Waals surface area contributed by atoms with Crippen molar-refractivity contribution in [2.75, 3.05) is 7.05 Å². The van der Waals surface area contributed by atoms with E-state index in [4.69, 9.17) is 4.52 Å². The number of benzene rings is 2. The van der Waals surface area contributed by atoms with Crippen molar-refractivity contribution in [2.45, 2.75) is 32.7 Å². The van der Waals surface area contributed by atoms with Gasteiger partial charge in [-0.05, 0) is 42.5 Å². The highest BCUT2D eigenvalue weighted by molar-refractivity contribution is 5.89. The molecule has 1 aliphatic carbocycles. The predicted octanol–water partition coefficient (Wildman–Crippen LogP) is 4.21. The molecule has 25 heavy (non-hydrogen) atoms. The van der Waals surface area contributed by atoms with E-state index in [1.165, 1.54) is 16.3 Å². The van der Waals surface area contributed by atoms with Crippen LogP contribution in [0.3, 0.4) is 0 Å². The van der Waals surface area contributed by atoms with Crippen molar-refractivity contribution in [1.29, 1.82) is 0 Å². The highest BCUT2D eigenvalue weighted by Gasteiger charge is 2.45. The van der Waals surface area contributed by atoms with E-state index in [-0.39, 0.29) is 11.8 Å². The monoisotopic (exact) mass is 334 g/mol. The highest BCUT2D eigenvalue weighted by atomic mass is 16.5. The Kier molecular flexibility index (Phi) is 3.83. The van der Waals surface area contributed by atoms with E-state index < -0.39 is 0 Å². The lowest BCUT2D eigenvalue weighted by Gasteiger charge is -2.17. The van der Waals surface area contributed by atoms with Crippen molar-refractivity contribution < 1.29 is 9.32 Å². The summed E-state index contributed by atoms with van der Waals surface area (Å²) in [6.07, 6.45) is 0.929. The van der Waals surface area contributed by atoms with Gasteiger partial charge in [0.1, 0.15) is 5.76 Å². The SMILES string of the molecule is Cc1noc(C)c1CN(C)C(=O)[C@H]1C[C@H]1c1cccc2ccccc12. The number of fused-ring (bicyclic) bond motifs is 1. The van der Waals surface area contributed by atoms with Crippen LogP contribution in [-0.2, 0) is 11.3 Å². The van der Waals surface area contributed by atoms with E-state index >= 15 is 0 Å². The minimum atomic E-state index is 0.0799. The molecule has 0 N–H and O–H groups in total. The molecule has 0 spiro atoms. The van der Waals surface area contributed by atoms with Gasteiger partial charge in [-0.1, -0.05) is 47.6 Å². The molecule has 3 aromatic rings. The quantitative estimate of drug-likeness (QED) is 0.718. The first-order valence-corrected chi connectivity index (χ1v) is 8.70. The van der Waals surface area contributed by atoms with Crippen molar-refractivity contribution in [3.05, 3.63) is 65.0 Å². The van der Waals surface area contributed by atoms with E-state index in [9.17, 15) is 4.79 Å². The fourth-order valence-electron chi connectivity index (χ4n) is 3.71. The Hall–Kier alpha value is -2.62. The third-order valence-electron chi connectivity index (χ3n) is 5.28. The molecule has 4 rings (SSSR count). The van der Waals surface area contributed by atoms with Gasteiger partial charge in [-0.15, -0.1) is 0 Å². The van der Waals surface area contributed by atoms with Crippen molar-refractivity contribution in [3.8, 4) is 0 Å². The first-order chi connectivity index (χ1) is 12.1. The Morgan fingerprint density at radius 1 is 1.20 bits per heavy atom. The van der Waals surface area contributed by atoms with Crippen LogP contribution in [0.2, 0.25) is 0 Å². The third kappa shape index (κ3) is 2.82. The summed E-state index contributed by atoms with van der Waals surface area (Å²) < 4.78 is 5.20. The Labute approximate surface area is 147 Å². The summed E-state index contributed by atoms with van der Waals surface area (Å²) in [6, 6.07) is 14.8. The number of hydrogen-bond donors (Lipinski definition) is 0. The average Bonchev–Trinajstić information content (AvgIpc) is 3.36. The number of amides is 1. The first kappa shape index (κ1) is 15.9. The maximum absolute atomic E-state index is 12.8. The molecule has 1 heterocycles. The maximum atomic E-state index is 12.8. The summed E-state index contributed by atoms with van der Waals surface area (Å²) in [5, 5.41) is 6.47. The number of hydrogen-bond acceptors (Lipinski definition) is 3. The van der Waals surface area contributed by atoms with Crippen molar-refractivity contribution >= 4 is 16.7 Å². The van der Waals surface area contributed by atoms with Gasteiger partial charge in [0, 0.05) is 18.5 Å². The number of rotatable bonds is 4. The largest absolute Gasteiger partial charge is 0.361 e. The third-order valence-corrected chi connectivity index (χ3v) is 5.28. The summed E-state index contributed by atoms with van der Waals surface area (Å²) in [5.41, 5.74) is 3.17. The lowest BCUT2D eigenvalue weighted by Crippen LogP contribution is -2.28. The standard InChI is InChI=1S/C21H22N2O2/c1-13-20(14(2)25-22-13)12-23(3)21(24)19-11-18(19)17-10-6-8-15-7-4-5-9-16(15)17/h4-10,18-19H,11-12H2,1-3H3/t18-,19-/m0/s1. The molecule has 0 bridgehead atoms. The van der Waals surface area contributed by atoms with Crippen LogP contribution in [-0.4, -0.2) is 23.0 Å². The molecule has 1 amide bonds. The van der Waals surface area contributed by atoms with Gasteiger partial charge in [0.2, 0.25) is 5.91 Å². The molecule has 0 radical (unpaired) electrons. The molecule has 1 aromatic heterocycles. The zero-order chi connectivity index (χ0) is 17.6. The van der Waals surface area contributed by atoms with E-state index in [2.05, 4.69) is 47.6 Å². The summed E-state index contributed by atoms with van der Waals surface area (Å²) in [5.74, 6) is 1.40. The number of carbonyl (C=O) groups excluding carboxylic acids is 1. The van der Waals surface area contributed by atoms with Gasteiger partial charge >= 0.3 is 0 Å². The summed E-state index contributed by atoms with van der Waals surface area (Å²) in [7, 11) is 1.87. The van der Waals surface area contributed by atoms with Crippen LogP contribution in [0, 0.1) is 19.8 Å².